The van der Waals surface area contributed by atoms with Crippen LogP contribution in [0.1, 0.15) is 12.5 Å². The number of nitrogens with zero attached hydrogens (tertiary/aromatic N) is 3. The zero-order valence-electron chi connectivity index (χ0n) is 15.0. The highest BCUT2D eigenvalue weighted by Crippen LogP contribution is 2.13. The van der Waals surface area contributed by atoms with Crippen molar-refractivity contribution in [3.63, 3.8) is 0 Å². The first-order chi connectivity index (χ1) is 10.6. The lowest BCUT2D eigenvalue weighted by Crippen LogP contribution is -2.44. The van der Waals surface area contributed by atoms with E-state index in [0.29, 0.717) is 13.1 Å². The molecule has 6 nitrogen and oxygen atoms in total. The number of carbonyl (C=O) groups excluding carboxylic acids is 1. The van der Waals surface area contributed by atoms with Gasteiger partial charge < -0.3 is 20.4 Å². The summed E-state index contributed by atoms with van der Waals surface area (Å²) in [5, 5.41) is 5.96. The minimum Gasteiger partial charge on any atom is -0.354 e. The molecule has 0 saturated carbocycles. The molecule has 1 aromatic heterocycles. The second-order valence-corrected chi connectivity index (χ2v) is 5.99. The molecule has 1 saturated heterocycles. The molecule has 9 heteroatoms. The van der Waals surface area contributed by atoms with Gasteiger partial charge in [-0.3, -0.25) is 4.79 Å². The van der Waals surface area contributed by atoms with Crippen molar-refractivity contribution in [1.82, 2.24) is 20.5 Å². The van der Waals surface area contributed by atoms with Gasteiger partial charge in [0.05, 0.1) is 0 Å². The molecule has 1 amide bonds. The molecule has 1 fully saturated rings. The maximum absolute atomic E-state index is 11.9. The number of hydrogen-bond donors (Lipinski definition) is 2. The van der Waals surface area contributed by atoms with Crippen molar-refractivity contribution in [2.75, 3.05) is 51.7 Å². The molecule has 2 heterocycles. The molecule has 1 atom stereocenters. The van der Waals surface area contributed by atoms with Crippen molar-refractivity contribution in [1.29, 1.82) is 0 Å². The van der Waals surface area contributed by atoms with E-state index >= 15 is 0 Å². The number of pyridine rings is 1. The third-order valence-electron chi connectivity index (χ3n) is 4.06. The van der Waals surface area contributed by atoms with Crippen LogP contribution in [0.2, 0.25) is 0 Å². The quantitative estimate of drug-likeness (QED) is 0.740. The number of anilines is 1. The normalized spacial score (nSPS) is 15.2. The predicted molar refractivity (Wildman–Crippen MR) is 111 cm³/mol. The molecule has 1 aliphatic rings. The van der Waals surface area contributed by atoms with E-state index in [-0.39, 0.29) is 49.0 Å². The number of rotatable bonds is 6. The molecular formula is C16H30Cl3N5O. The second kappa shape index (κ2) is 13.4. The first kappa shape index (κ1) is 26.4. The maximum Gasteiger partial charge on any atom is 0.224 e. The molecule has 25 heavy (non-hydrogen) atoms. The van der Waals surface area contributed by atoms with Gasteiger partial charge in [0.1, 0.15) is 5.82 Å². The number of hydrogen-bond acceptors (Lipinski definition) is 5. The van der Waals surface area contributed by atoms with Gasteiger partial charge in [-0.15, -0.1) is 37.2 Å². The number of piperazine rings is 1. The Hall–Kier alpha value is -0.790. The Morgan fingerprint density at radius 3 is 2.36 bits per heavy atom. The number of nitrogens with one attached hydrogen (secondary N) is 2. The molecule has 1 aliphatic heterocycles. The van der Waals surface area contributed by atoms with Crippen LogP contribution in [0.25, 0.3) is 0 Å². The lowest BCUT2D eigenvalue weighted by Gasteiger charge is -2.33. The van der Waals surface area contributed by atoms with Crippen molar-refractivity contribution < 1.29 is 4.79 Å². The minimum absolute atomic E-state index is 0. The predicted octanol–water partition coefficient (Wildman–Crippen LogP) is 1.57. The molecule has 2 rings (SSSR count). The monoisotopic (exact) mass is 413 g/mol. The van der Waals surface area contributed by atoms with Crippen molar-refractivity contribution in [2.45, 2.75) is 13.5 Å². The van der Waals surface area contributed by atoms with E-state index in [2.05, 4.69) is 32.5 Å². The first-order valence-corrected chi connectivity index (χ1v) is 7.91. The molecule has 1 aromatic rings. The van der Waals surface area contributed by atoms with E-state index in [9.17, 15) is 4.79 Å². The van der Waals surface area contributed by atoms with E-state index in [4.69, 9.17) is 0 Å². The highest BCUT2D eigenvalue weighted by atomic mass is 35.5. The number of carbonyl (C=O) groups is 1. The van der Waals surface area contributed by atoms with Crippen LogP contribution < -0.4 is 15.5 Å². The van der Waals surface area contributed by atoms with Gasteiger partial charge in [-0.2, -0.15) is 0 Å². The van der Waals surface area contributed by atoms with Gasteiger partial charge in [-0.05, 0) is 25.7 Å². The molecule has 0 aromatic carbocycles. The molecule has 2 N–H and O–H groups in total. The highest BCUT2D eigenvalue weighted by molar-refractivity contribution is 5.86. The Morgan fingerprint density at radius 2 is 1.84 bits per heavy atom. The molecule has 1 unspecified atom stereocenters. The maximum atomic E-state index is 11.9. The Labute approximate surface area is 169 Å². The highest BCUT2D eigenvalue weighted by Gasteiger charge is 2.15. The van der Waals surface area contributed by atoms with Gasteiger partial charge in [-0.1, -0.05) is 13.0 Å². The van der Waals surface area contributed by atoms with Crippen LogP contribution >= 0.6 is 37.2 Å². The summed E-state index contributed by atoms with van der Waals surface area (Å²) in [6.07, 6.45) is 1.86. The third kappa shape index (κ3) is 8.42. The van der Waals surface area contributed by atoms with E-state index < -0.39 is 0 Å². The summed E-state index contributed by atoms with van der Waals surface area (Å²) in [4.78, 5) is 21.0. The van der Waals surface area contributed by atoms with Crippen LogP contribution in [0, 0.1) is 5.92 Å². The molecule has 0 bridgehead atoms. The van der Waals surface area contributed by atoms with Crippen LogP contribution in [0.15, 0.2) is 18.3 Å². The number of halogens is 3. The van der Waals surface area contributed by atoms with Crippen molar-refractivity contribution in [3.8, 4) is 0 Å². The van der Waals surface area contributed by atoms with Gasteiger partial charge in [0, 0.05) is 51.4 Å². The largest absolute Gasteiger partial charge is 0.354 e. The van der Waals surface area contributed by atoms with Crippen LogP contribution in [-0.4, -0.2) is 62.6 Å². The van der Waals surface area contributed by atoms with Crippen molar-refractivity contribution in [2.24, 2.45) is 5.92 Å². The lowest BCUT2D eigenvalue weighted by molar-refractivity contribution is -0.124. The number of amides is 1. The fourth-order valence-corrected chi connectivity index (χ4v) is 2.51. The van der Waals surface area contributed by atoms with E-state index in [1.54, 1.807) is 0 Å². The summed E-state index contributed by atoms with van der Waals surface area (Å²) in [5.41, 5.74) is 1.03. The topological polar surface area (TPSA) is 60.5 Å². The number of likely N-dealkylation sites (N-methyl/N-ethyl adjacent to an activating group) is 1. The zero-order chi connectivity index (χ0) is 15.9. The van der Waals surface area contributed by atoms with E-state index in [1.807, 2.05) is 32.3 Å². The summed E-state index contributed by atoms with van der Waals surface area (Å²) >= 11 is 0. The summed E-state index contributed by atoms with van der Waals surface area (Å²) < 4.78 is 0. The number of aromatic nitrogens is 1. The Morgan fingerprint density at radius 1 is 1.20 bits per heavy atom. The third-order valence-corrected chi connectivity index (χ3v) is 4.06. The molecule has 0 radical (unpaired) electrons. The van der Waals surface area contributed by atoms with E-state index in [1.165, 1.54) is 0 Å². The Balaban J connectivity index is 0. The standard InChI is InChI=1S/C16H27N5O.3ClH/c1-13(10-17-2)16(22)19-12-14-4-5-15(18-11-14)21-8-6-20(3)7-9-21;;;/h4-5,11,13,17H,6-10,12H2,1-3H3,(H,19,22);3*1H. The van der Waals surface area contributed by atoms with Gasteiger partial charge in [0.25, 0.3) is 0 Å². The smallest absolute Gasteiger partial charge is 0.224 e. The fraction of sp³-hybridized carbons (Fsp3) is 0.625. The van der Waals surface area contributed by atoms with Gasteiger partial charge in [-0.25, -0.2) is 4.98 Å². The zero-order valence-corrected chi connectivity index (χ0v) is 17.5. The van der Waals surface area contributed by atoms with Crippen LogP contribution in [0.3, 0.4) is 0 Å². The minimum atomic E-state index is -0.0254. The van der Waals surface area contributed by atoms with Gasteiger partial charge >= 0.3 is 0 Å². The average molecular weight is 415 g/mol. The van der Waals surface area contributed by atoms with Crippen LogP contribution in [-0.2, 0) is 11.3 Å². The summed E-state index contributed by atoms with van der Waals surface area (Å²) in [6.45, 7) is 7.31. The van der Waals surface area contributed by atoms with Crippen molar-refractivity contribution in [3.05, 3.63) is 23.9 Å². The van der Waals surface area contributed by atoms with E-state index in [0.717, 1.165) is 37.6 Å². The second-order valence-electron chi connectivity index (χ2n) is 5.99. The van der Waals surface area contributed by atoms with Gasteiger partial charge in [0.2, 0.25) is 5.91 Å². The molecule has 0 aliphatic carbocycles. The average Bonchev–Trinajstić information content (AvgIpc) is 2.54. The lowest BCUT2D eigenvalue weighted by atomic mass is 10.1. The Kier molecular flexibility index (Phi) is 14.2. The molecular weight excluding hydrogens is 385 g/mol. The fourth-order valence-electron chi connectivity index (χ4n) is 2.51. The first-order valence-electron chi connectivity index (χ1n) is 7.91. The summed E-state index contributed by atoms with van der Waals surface area (Å²) in [6, 6.07) is 4.09. The SMILES string of the molecule is CNCC(C)C(=O)NCc1ccc(N2CCN(C)CC2)nc1.Cl.Cl.Cl. The summed E-state index contributed by atoms with van der Waals surface area (Å²) in [7, 11) is 4.00. The van der Waals surface area contributed by atoms with Crippen LogP contribution in [0.4, 0.5) is 5.82 Å². The van der Waals surface area contributed by atoms with Gasteiger partial charge in [0.15, 0.2) is 0 Å². The molecule has 0 spiro atoms. The van der Waals surface area contributed by atoms with Crippen molar-refractivity contribution >= 4 is 48.9 Å². The molecule has 146 valence electrons. The summed E-state index contributed by atoms with van der Waals surface area (Å²) in [5.74, 6) is 1.06. The van der Waals surface area contributed by atoms with Crippen LogP contribution in [0.5, 0.6) is 0 Å². The Bertz CT molecular complexity index is 481.